The number of ether oxygens (including phenoxy) is 1. The third kappa shape index (κ3) is 6.64. The van der Waals surface area contributed by atoms with Gasteiger partial charge in [-0.1, -0.05) is 65.6 Å². The Morgan fingerprint density at radius 2 is 2.09 bits per heavy atom. The highest BCUT2D eigenvalue weighted by Crippen LogP contribution is 2.59. The maximum absolute atomic E-state index is 11.7. The van der Waals surface area contributed by atoms with Crippen molar-refractivity contribution >= 4 is 21.9 Å². The summed E-state index contributed by atoms with van der Waals surface area (Å²) in [6.07, 6.45) is 14.2. The normalized spacial score (nSPS) is 33.4. The van der Waals surface area contributed by atoms with Crippen molar-refractivity contribution in [2.24, 2.45) is 23.2 Å². The van der Waals surface area contributed by atoms with Crippen LogP contribution < -0.4 is 0 Å². The number of fused-ring (bicyclic) bond motifs is 1. The van der Waals surface area contributed by atoms with E-state index >= 15 is 0 Å². The van der Waals surface area contributed by atoms with Crippen LogP contribution in [0.3, 0.4) is 0 Å². The van der Waals surface area contributed by atoms with Gasteiger partial charge in [0.15, 0.2) is 0 Å². The number of carbonyl (C=O) groups excluding carboxylic acids is 1. The molecule has 0 bridgehead atoms. The van der Waals surface area contributed by atoms with Crippen molar-refractivity contribution in [1.29, 1.82) is 0 Å². The van der Waals surface area contributed by atoms with Crippen molar-refractivity contribution in [1.82, 2.24) is 0 Å². The van der Waals surface area contributed by atoms with Crippen molar-refractivity contribution in [3.8, 4) is 11.8 Å². The van der Waals surface area contributed by atoms with Crippen LogP contribution in [0.1, 0.15) is 85.5 Å². The predicted octanol–water partition coefficient (Wildman–Crippen LogP) is 6.90. The van der Waals surface area contributed by atoms with E-state index in [9.17, 15) is 9.90 Å². The average molecular weight is 518 g/mol. The van der Waals surface area contributed by atoms with Gasteiger partial charge in [0.05, 0.1) is 0 Å². The van der Waals surface area contributed by atoms with Gasteiger partial charge in [-0.15, -0.1) is 5.92 Å². The zero-order chi connectivity index (χ0) is 24.2. The predicted molar refractivity (Wildman–Crippen MR) is 139 cm³/mol. The van der Waals surface area contributed by atoms with Crippen LogP contribution in [0.15, 0.2) is 35.5 Å². The molecular formula is C29H41BrO3. The van der Waals surface area contributed by atoms with Gasteiger partial charge in [-0.05, 0) is 87.5 Å². The lowest BCUT2D eigenvalue weighted by molar-refractivity contribution is -0.146. The Morgan fingerprint density at radius 3 is 2.79 bits per heavy atom. The Labute approximate surface area is 209 Å². The summed E-state index contributed by atoms with van der Waals surface area (Å²) >= 11 is 3.18. The first-order valence-electron chi connectivity index (χ1n) is 12.6. The molecule has 182 valence electrons. The third-order valence-corrected chi connectivity index (χ3v) is 8.58. The van der Waals surface area contributed by atoms with E-state index in [4.69, 9.17) is 4.74 Å². The monoisotopic (exact) mass is 516 g/mol. The zero-order valence-corrected chi connectivity index (χ0v) is 22.5. The second kappa shape index (κ2) is 11.0. The minimum absolute atomic E-state index is 0.0384. The Bertz CT molecular complexity index is 866. The molecule has 5 unspecified atom stereocenters. The van der Waals surface area contributed by atoms with Crippen LogP contribution >= 0.6 is 15.9 Å². The van der Waals surface area contributed by atoms with E-state index in [-0.39, 0.29) is 17.4 Å². The standard InChI is InChI=1S/C29H41BrO3/c1-20-10-13-24(33-27(31)19-30)18-23(20)12-11-22-9-7-17-29(5)25(14-15-26(22)29)21(2)8-6-16-28(3,4)32/h11-12,21,24-26,32H,1,7-10,13-15,17-19H2,2-5H3. The fraction of sp³-hybridized carbons (Fsp3) is 0.690. The van der Waals surface area contributed by atoms with Crippen LogP contribution in [-0.4, -0.2) is 28.1 Å². The molecule has 4 heteroatoms. The summed E-state index contributed by atoms with van der Waals surface area (Å²) in [5.74, 6) is 7.90. The molecule has 0 heterocycles. The van der Waals surface area contributed by atoms with Crippen LogP contribution in [-0.2, 0) is 9.53 Å². The quantitative estimate of drug-likeness (QED) is 0.245. The molecule has 33 heavy (non-hydrogen) atoms. The number of hydrogen-bond donors (Lipinski definition) is 1. The Morgan fingerprint density at radius 1 is 1.33 bits per heavy atom. The van der Waals surface area contributed by atoms with Gasteiger partial charge in [0.1, 0.15) is 17.0 Å². The van der Waals surface area contributed by atoms with Crippen molar-refractivity contribution < 1.29 is 14.6 Å². The largest absolute Gasteiger partial charge is 0.461 e. The van der Waals surface area contributed by atoms with E-state index in [1.807, 2.05) is 0 Å². The second-order valence-corrected chi connectivity index (χ2v) is 11.7. The van der Waals surface area contributed by atoms with Gasteiger partial charge in [-0.2, -0.15) is 0 Å². The minimum Gasteiger partial charge on any atom is -0.461 e. The van der Waals surface area contributed by atoms with Gasteiger partial charge >= 0.3 is 5.97 Å². The van der Waals surface area contributed by atoms with Crippen molar-refractivity contribution in [2.45, 2.75) is 97.2 Å². The summed E-state index contributed by atoms with van der Waals surface area (Å²) in [4.78, 5) is 11.7. The van der Waals surface area contributed by atoms with Gasteiger partial charge in [-0.3, -0.25) is 4.79 Å². The molecule has 0 aromatic rings. The SMILES string of the molecule is C=C1CCC(OC(=O)CBr)CC1=CC=C1CCCC2(C)C1CCC2C(C)CC#CC(C)(C)O. The molecule has 0 aromatic carbocycles. The fourth-order valence-corrected chi connectivity index (χ4v) is 6.62. The average Bonchev–Trinajstić information content (AvgIpc) is 3.10. The first-order valence-corrected chi connectivity index (χ1v) is 13.7. The third-order valence-electron chi connectivity index (χ3n) is 8.12. The van der Waals surface area contributed by atoms with E-state index in [1.165, 1.54) is 43.3 Å². The number of alkyl halides is 1. The van der Waals surface area contributed by atoms with Crippen LogP contribution in [0, 0.1) is 35.0 Å². The summed E-state index contributed by atoms with van der Waals surface area (Å²) in [5.41, 5.74) is 3.42. The topological polar surface area (TPSA) is 46.5 Å². The van der Waals surface area contributed by atoms with E-state index in [0.717, 1.165) is 25.7 Å². The van der Waals surface area contributed by atoms with E-state index in [2.05, 4.69) is 60.3 Å². The van der Waals surface area contributed by atoms with Gasteiger partial charge in [-0.25, -0.2) is 0 Å². The van der Waals surface area contributed by atoms with Crippen LogP contribution in [0.5, 0.6) is 0 Å². The lowest BCUT2D eigenvalue weighted by Crippen LogP contribution is -2.35. The smallest absolute Gasteiger partial charge is 0.316 e. The Kier molecular flexibility index (Phi) is 8.73. The molecule has 3 aliphatic rings. The second-order valence-electron chi connectivity index (χ2n) is 11.2. The fourth-order valence-electron chi connectivity index (χ4n) is 6.48. The molecule has 0 aromatic heterocycles. The number of allylic oxidation sites excluding steroid dienone is 4. The maximum atomic E-state index is 11.7. The van der Waals surface area contributed by atoms with Gasteiger partial charge in [0, 0.05) is 12.8 Å². The molecule has 3 saturated carbocycles. The number of halogens is 1. The van der Waals surface area contributed by atoms with Crippen LogP contribution in [0.4, 0.5) is 0 Å². The molecule has 0 saturated heterocycles. The summed E-state index contributed by atoms with van der Waals surface area (Å²) < 4.78 is 5.57. The van der Waals surface area contributed by atoms with Crippen LogP contribution in [0.2, 0.25) is 0 Å². The molecule has 5 atom stereocenters. The van der Waals surface area contributed by atoms with Crippen molar-refractivity contribution in [2.75, 3.05) is 5.33 Å². The molecule has 0 amide bonds. The summed E-state index contributed by atoms with van der Waals surface area (Å²) in [7, 11) is 0. The van der Waals surface area contributed by atoms with Gasteiger partial charge in [0.25, 0.3) is 0 Å². The molecule has 0 aliphatic heterocycles. The molecule has 3 aliphatic carbocycles. The zero-order valence-electron chi connectivity index (χ0n) is 20.9. The molecule has 3 rings (SSSR count). The Balaban J connectivity index is 1.72. The lowest BCUT2D eigenvalue weighted by atomic mass is 9.61. The first kappa shape index (κ1) is 26.3. The Hall–Kier alpha value is -1.31. The van der Waals surface area contributed by atoms with E-state index in [0.29, 0.717) is 23.2 Å². The summed E-state index contributed by atoms with van der Waals surface area (Å²) in [5, 5.41) is 10.2. The molecular weight excluding hydrogens is 476 g/mol. The summed E-state index contributed by atoms with van der Waals surface area (Å²) in [6.45, 7) is 12.6. The molecule has 3 nitrogen and oxygen atoms in total. The maximum Gasteiger partial charge on any atom is 0.316 e. The molecule has 1 N–H and O–H groups in total. The molecule has 3 fully saturated rings. The molecule has 0 spiro atoms. The van der Waals surface area contributed by atoms with Crippen molar-refractivity contribution in [3.63, 3.8) is 0 Å². The highest BCUT2D eigenvalue weighted by molar-refractivity contribution is 9.09. The van der Waals surface area contributed by atoms with Gasteiger partial charge in [0.2, 0.25) is 0 Å². The number of carbonyl (C=O) groups is 1. The highest BCUT2D eigenvalue weighted by Gasteiger charge is 2.50. The number of esters is 1. The minimum atomic E-state index is -0.912. The van der Waals surface area contributed by atoms with Crippen molar-refractivity contribution in [3.05, 3.63) is 35.5 Å². The van der Waals surface area contributed by atoms with Crippen LogP contribution in [0.25, 0.3) is 0 Å². The summed E-state index contributed by atoms with van der Waals surface area (Å²) in [6, 6.07) is 0. The first-order chi connectivity index (χ1) is 15.5. The van der Waals surface area contributed by atoms with E-state index in [1.54, 1.807) is 19.4 Å². The van der Waals surface area contributed by atoms with E-state index < -0.39 is 5.60 Å². The number of rotatable bonds is 5. The highest BCUT2D eigenvalue weighted by atomic mass is 79.9. The number of aliphatic hydroxyl groups is 1. The molecule has 0 radical (unpaired) electrons. The lowest BCUT2D eigenvalue weighted by Gasteiger charge is -2.44. The number of hydrogen-bond acceptors (Lipinski definition) is 3. The van der Waals surface area contributed by atoms with Gasteiger partial charge < -0.3 is 9.84 Å².